The molecule has 0 aliphatic heterocycles. The third-order valence-corrected chi connectivity index (χ3v) is 5.89. The van der Waals surface area contributed by atoms with Crippen LogP contribution in [0.1, 0.15) is 59.5 Å². The van der Waals surface area contributed by atoms with Gasteiger partial charge in [-0.25, -0.2) is 4.98 Å². The largest absolute Gasteiger partial charge is 0.349 e. The first-order chi connectivity index (χ1) is 10.7. The topological polar surface area (TPSA) is 63.5 Å². The molecule has 0 aromatic carbocycles. The van der Waals surface area contributed by atoms with E-state index in [0.717, 1.165) is 50.6 Å². The van der Waals surface area contributed by atoms with Gasteiger partial charge in [-0.3, -0.25) is 14.0 Å². The highest BCUT2D eigenvalue weighted by Crippen LogP contribution is 2.29. The Bertz CT molecular complexity index is 787. The van der Waals surface area contributed by atoms with Gasteiger partial charge < -0.3 is 5.32 Å². The minimum atomic E-state index is -0.267. The number of rotatable bonds is 2. The van der Waals surface area contributed by atoms with Crippen LogP contribution in [0.3, 0.4) is 0 Å². The second-order valence-electron chi connectivity index (χ2n) is 6.23. The molecule has 22 heavy (non-hydrogen) atoms. The molecule has 0 spiro atoms. The van der Waals surface area contributed by atoms with Gasteiger partial charge in [0.05, 0.1) is 0 Å². The Labute approximate surface area is 132 Å². The molecule has 0 atom stereocenters. The summed E-state index contributed by atoms with van der Waals surface area (Å²) in [5, 5.41) is 3.01. The molecule has 1 saturated carbocycles. The zero-order chi connectivity index (χ0) is 15.1. The van der Waals surface area contributed by atoms with E-state index in [1.165, 1.54) is 17.5 Å². The van der Waals surface area contributed by atoms with Gasteiger partial charge in [-0.05, 0) is 32.1 Å². The number of fused-ring (bicyclic) bond motifs is 3. The van der Waals surface area contributed by atoms with E-state index in [1.807, 2.05) is 0 Å². The van der Waals surface area contributed by atoms with E-state index in [1.54, 1.807) is 15.7 Å². The zero-order valence-electron chi connectivity index (χ0n) is 12.4. The van der Waals surface area contributed by atoms with Crippen LogP contribution in [0.5, 0.6) is 0 Å². The fourth-order valence-electron chi connectivity index (χ4n) is 3.57. The smallest absolute Gasteiger partial charge is 0.271 e. The number of aryl methyl sites for hydroxylation is 2. The highest BCUT2D eigenvalue weighted by atomic mass is 32.1. The van der Waals surface area contributed by atoms with Gasteiger partial charge >= 0.3 is 0 Å². The van der Waals surface area contributed by atoms with Crippen molar-refractivity contribution in [3.8, 4) is 0 Å². The van der Waals surface area contributed by atoms with Crippen molar-refractivity contribution in [1.29, 1.82) is 0 Å². The summed E-state index contributed by atoms with van der Waals surface area (Å²) in [5.41, 5.74) is 1.03. The maximum atomic E-state index is 12.7. The third kappa shape index (κ3) is 2.26. The van der Waals surface area contributed by atoms with Crippen molar-refractivity contribution in [3.63, 3.8) is 0 Å². The van der Waals surface area contributed by atoms with E-state index in [-0.39, 0.29) is 23.1 Å². The van der Waals surface area contributed by atoms with E-state index in [9.17, 15) is 9.59 Å². The summed E-state index contributed by atoms with van der Waals surface area (Å²) in [6, 6.07) is 0.203. The van der Waals surface area contributed by atoms with E-state index >= 15 is 0 Å². The molecule has 5 nitrogen and oxygen atoms in total. The summed E-state index contributed by atoms with van der Waals surface area (Å²) >= 11 is 1.58. The molecule has 2 aliphatic rings. The number of thiazole rings is 1. The summed E-state index contributed by atoms with van der Waals surface area (Å²) in [5.74, 6) is -0.267. The predicted molar refractivity (Wildman–Crippen MR) is 85.7 cm³/mol. The van der Waals surface area contributed by atoms with Gasteiger partial charge in [0.2, 0.25) is 0 Å². The average Bonchev–Trinajstić information content (AvgIpc) is 3.09. The van der Waals surface area contributed by atoms with Gasteiger partial charge in [0.15, 0.2) is 4.96 Å². The van der Waals surface area contributed by atoms with Crippen LogP contribution in [0.15, 0.2) is 11.0 Å². The number of carbonyl (C=O) groups excluding carboxylic acids is 1. The first kappa shape index (κ1) is 13.9. The lowest BCUT2D eigenvalue weighted by molar-refractivity contribution is 0.0925. The lowest BCUT2D eigenvalue weighted by atomic mass is 9.95. The standard InChI is InChI=1S/C16H19N3O2S/c20-14(18-10-5-2-1-3-6-10)11-9-17-16-19(15(11)21)12-7-4-8-13(12)22-16/h9-10H,1-8H2,(H,18,20). The molecule has 2 aliphatic carbocycles. The summed E-state index contributed by atoms with van der Waals surface area (Å²) in [6.07, 6.45) is 10.0. The number of nitrogens with zero attached hydrogens (tertiary/aromatic N) is 2. The Hall–Kier alpha value is -1.69. The maximum Gasteiger partial charge on any atom is 0.271 e. The summed E-state index contributed by atoms with van der Waals surface area (Å²) in [4.78, 5) is 31.4. The molecule has 116 valence electrons. The van der Waals surface area contributed by atoms with Crippen LogP contribution in [0.2, 0.25) is 0 Å². The van der Waals surface area contributed by atoms with Crippen LogP contribution in [0, 0.1) is 0 Å². The molecular weight excluding hydrogens is 298 g/mol. The quantitative estimate of drug-likeness (QED) is 0.924. The van der Waals surface area contributed by atoms with Crippen LogP contribution < -0.4 is 10.9 Å². The number of carbonyl (C=O) groups is 1. The van der Waals surface area contributed by atoms with Crippen LogP contribution in [0.25, 0.3) is 4.96 Å². The highest BCUT2D eigenvalue weighted by Gasteiger charge is 2.23. The maximum absolute atomic E-state index is 12.7. The molecule has 0 radical (unpaired) electrons. The van der Waals surface area contributed by atoms with Gasteiger partial charge in [0, 0.05) is 22.8 Å². The van der Waals surface area contributed by atoms with Gasteiger partial charge in [0.25, 0.3) is 11.5 Å². The molecule has 0 saturated heterocycles. The van der Waals surface area contributed by atoms with Crippen molar-refractivity contribution in [3.05, 3.63) is 32.7 Å². The molecule has 4 rings (SSSR count). The summed E-state index contributed by atoms with van der Waals surface area (Å²) in [7, 11) is 0. The molecule has 1 amide bonds. The average molecular weight is 317 g/mol. The Morgan fingerprint density at radius 3 is 2.86 bits per heavy atom. The van der Waals surface area contributed by atoms with Crippen LogP contribution >= 0.6 is 11.3 Å². The molecule has 6 heteroatoms. The number of nitrogens with one attached hydrogen (secondary N) is 1. The van der Waals surface area contributed by atoms with Gasteiger partial charge in [-0.2, -0.15) is 0 Å². The molecule has 1 N–H and O–H groups in total. The summed E-state index contributed by atoms with van der Waals surface area (Å²) < 4.78 is 1.66. The predicted octanol–water partition coefficient (Wildman–Crippen LogP) is 2.31. The lowest BCUT2D eigenvalue weighted by Crippen LogP contribution is -2.39. The third-order valence-electron chi connectivity index (χ3n) is 4.74. The SMILES string of the molecule is O=C(NC1CCCCC1)c1cnc2sc3c(n2c1=O)CCC3. The Kier molecular flexibility index (Phi) is 3.48. The number of hydrogen-bond donors (Lipinski definition) is 1. The van der Waals surface area contributed by atoms with Gasteiger partial charge in [0.1, 0.15) is 5.56 Å². The first-order valence-electron chi connectivity index (χ1n) is 8.07. The lowest BCUT2D eigenvalue weighted by Gasteiger charge is -2.22. The fraction of sp³-hybridized carbons (Fsp3) is 0.562. The molecule has 0 bridgehead atoms. The number of amides is 1. The highest BCUT2D eigenvalue weighted by molar-refractivity contribution is 7.17. The second kappa shape index (κ2) is 5.50. The zero-order valence-corrected chi connectivity index (χ0v) is 13.2. The Balaban J connectivity index is 1.68. The minimum Gasteiger partial charge on any atom is -0.349 e. The minimum absolute atomic E-state index is 0.176. The normalized spacial score (nSPS) is 18.5. The summed E-state index contributed by atoms with van der Waals surface area (Å²) in [6.45, 7) is 0. The molecular formula is C16H19N3O2S. The second-order valence-corrected chi connectivity index (χ2v) is 7.29. The van der Waals surface area contributed by atoms with E-state index in [4.69, 9.17) is 0 Å². The molecule has 2 aromatic heterocycles. The van der Waals surface area contributed by atoms with Crippen molar-refractivity contribution >= 4 is 22.2 Å². The number of hydrogen-bond acceptors (Lipinski definition) is 4. The van der Waals surface area contributed by atoms with Gasteiger partial charge in [-0.1, -0.05) is 19.3 Å². The number of aromatic nitrogens is 2. The van der Waals surface area contributed by atoms with Crippen molar-refractivity contribution in [2.24, 2.45) is 0 Å². The van der Waals surface area contributed by atoms with Crippen molar-refractivity contribution < 1.29 is 4.79 Å². The van der Waals surface area contributed by atoms with Crippen LogP contribution in [-0.2, 0) is 12.8 Å². The monoisotopic (exact) mass is 317 g/mol. The van der Waals surface area contributed by atoms with E-state index in [0.29, 0.717) is 4.96 Å². The van der Waals surface area contributed by atoms with Crippen LogP contribution in [-0.4, -0.2) is 21.3 Å². The Morgan fingerprint density at radius 1 is 1.23 bits per heavy atom. The molecule has 0 unspecified atom stereocenters. The first-order valence-corrected chi connectivity index (χ1v) is 8.89. The molecule has 2 aromatic rings. The van der Waals surface area contributed by atoms with Crippen molar-refractivity contribution in [1.82, 2.24) is 14.7 Å². The van der Waals surface area contributed by atoms with Crippen molar-refractivity contribution in [2.75, 3.05) is 0 Å². The van der Waals surface area contributed by atoms with E-state index < -0.39 is 0 Å². The molecule has 1 fully saturated rings. The molecule has 2 heterocycles. The van der Waals surface area contributed by atoms with Gasteiger partial charge in [-0.15, -0.1) is 11.3 Å². The Morgan fingerprint density at radius 2 is 2.05 bits per heavy atom. The van der Waals surface area contributed by atoms with E-state index in [2.05, 4.69) is 10.3 Å². The van der Waals surface area contributed by atoms with Crippen LogP contribution in [0.4, 0.5) is 0 Å². The fourth-order valence-corrected chi connectivity index (χ4v) is 4.74. The van der Waals surface area contributed by atoms with Crippen molar-refractivity contribution in [2.45, 2.75) is 57.4 Å².